The van der Waals surface area contributed by atoms with Crippen molar-refractivity contribution in [2.45, 2.75) is 13.3 Å². The van der Waals surface area contributed by atoms with Crippen LogP contribution in [-0.2, 0) is 6.42 Å². The summed E-state index contributed by atoms with van der Waals surface area (Å²) in [6.07, 6.45) is 0.551. The molecule has 0 saturated carbocycles. The number of aryl methyl sites for hydroxylation is 1. The first-order chi connectivity index (χ1) is 6.79. The summed E-state index contributed by atoms with van der Waals surface area (Å²) in [5.41, 5.74) is 2.03. The number of benzene rings is 1. The summed E-state index contributed by atoms with van der Waals surface area (Å²) < 4.78 is 4.90. The maximum atomic E-state index is 8.90. The lowest BCUT2D eigenvalue weighted by Crippen LogP contribution is -1.82. The van der Waals surface area contributed by atoms with Crippen molar-refractivity contribution in [2.24, 2.45) is 0 Å². The van der Waals surface area contributed by atoms with Gasteiger partial charge in [0.05, 0.1) is 0 Å². The molecule has 0 aliphatic carbocycles. The third-order valence-electron chi connectivity index (χ3n) is 2.00. The maximum Gasteiger partial charge on any atom is 0.412 e. The van der Waals surface area contributed by atoms with Crippen LogP contribution < -0.4 is 0 Å². The van der Waals surface area contributed by atoms with Crippen LogP contribution in [0.15, 0.2) is 28.7 Å². The van der Waals surface area contributed by atoms with Gasteiger partial charge in [0.2, 0.25) is 0 Å². The van der Waals surface area contributed by atoms with Crippen molar-refractivity contribution in [3.8, 4) is 17.5 Å². The second-order valence-electron chi connectivity index (χ2n) is 2.94. The molecular formula is C10H10N2O2. The molecule has 14 heavy (non-hydrogen) atoms. The normalized spacial score (nSPS) is 10.4. The monoisotopic (exact) mass is 190 g/mol. The zero-order valence-electron chi connectivity index (χ0n) is 7.77. The molecule has 2 aromatic rings. The minimum absolute atomic E-state index is 0.345. The summed E-state index contributed by atoms with van der Waals surface area (Å²) in [6, 6.07) is 7.79. The van der Waals surface area contributed by atoms with Gasteiger partial charge in [0.15, 0.2) is 0 Å². The predicted octanol–water partition coefficient (Wildman–Crippen LogP) is 2.00. The van der Waals surface area contributed by atoms with Gasteiger partial charge in [-0.3, -0.25) is 0 Å². The lowest BCUT2D eigenvalue weighted by molar-refractivity contribution is 0.320. The molecule has 0 spiro atoms. The third-order valence-corrected chi connectivity index (χ3v) is 2.00. The molecule has 0 bridgehead atoms. The van der Waals surface area contributed by atoms with Crippen LogP contribution in [0.2, 0.25) is 0 Å². The summed E-state index contributed by atoms with van der Waals surface area (Å²) in [6.45, 7) is 2.07. The molecule has 1 N–H and O–H groups in total. The van der Waals surface area contributed by atoms with Crippen molar-refractivity contribution in [3.63, 3.8) is 0 Å². The number of hydrogen-bond donors (Lipinski definition) is 1. The van der Waals surface area contributed by atoms with E-state index >= 15 is 0 Å². The van der Waals surface area contributed by atoms with Gasteiger partial charge in [-0.1, -0.05) is 24.2 Å². The van der Waals surface area contributed by atoms with Crippen LogP contribution in [0, 0.1) is 0 Å². The Labute approximate surface area is 81.2 Å². The fourth-order valence-electron chi connectivity index (χ4n) is 1.26. The predicted molar refractivity (Wildman–Crippen MR) is 50.8 cm³/mol. The molecule has 0 fully saturated rings. The smallest absolute Gasteiger partial charge is 0.412 e. The van der Waals surface area contributed by atoms with Gasteiger partial charge < -0.3 is 9.52 Å². The highest BCUT2D eigenvalue weighted by molar-refractivity contribution is 5.53. The van der Waals surface area contributed by atoms with Gasteiger partial charge in [-0.2, -0.15) is 0 Å². The minimum Gasteiger partial charge on any atom is -0.465 e. The fourth-order valence-corrected chi connectivity index (χ4v) is 1.26. The second kappa shape index (κ2) is 3.49. The fraction of sp³-hybridized carbons (Fsp3) is 0.200. The Morgan fingerprint density at radius 2 is 2.21 bits per heavy atom. The number of aromatic nitrogens is 2. The standard InChI is InChI=1S/C10H10N2O2/c1-2-7-4-3-5-8(6-7)9-11-12-10(13)14-9/h3-6H,2H2,1H3,(H,12,13). The van der Waals surface area contributed by atoms with Gasteiger partial charge in [-0.25, -0.2) is 0 Å². The zero-order chi connectivity index (χ0) is 9.97. The number of aromatic hydroxyl groups is 1. The molecule has 0 amide bonds. The molecule has 0 saturated heterocycles. The van der Waals surface area contributed by atoms with Crippen LogP contribution in [-0.4, -0.2) is 15.3 Å². The molecular weight excluding hydrogens is 180 g/mol. The Morgan fingerprint density at radius 3 is 2.86 bits per heavy atom. The lowest BCUT2D eigenvalue weighted by atomic mass is 10.1. The lowest BCUT2D eigenvalue weighted by Gasteiger charge is -1.97. The van der Waals surface area contributed by atoms with Gasteiger partial charge in [0.1, 0.15) is 0 Å². The first kappa shape index (κ1) is 8.74. The average molecular weight is 190 g/mol. The maximum absolute atomic E-state index is 8.90. The Hall–Kier alpha value is -1.84. The van der Waals surface area contributed by atoms with E-state index in [0.717, 1.165) is 12.0 Å². The largest absolute Gasteiger partial charge is 0.465 e. The summed E-state index contributed by atoms with van der Waals surface area (Å²) in [5.74, 6) is 0.345. The summed E-state index contributed by atoms with van der Waals surface area (Å²) in [7, 11) is 0. The van der Waals surface area contributed by atoms with Crippen LogP contribution in [0.25, 0.3) is 11.5 Å². The average Bonchev–Trinajstić information content (AvgIpc) is 2.65. The molecule has 0 atom stereocenters. The molecule has 0 unspecified atom stereocenters. The Morgan fingerprint density at radius 1 is 1.36 bits per heavy atom. The van der Waals surface area contributed by atoms with Crippen molar-refractivity contribution in [1.82, 2.24) is 10.2 Å². The quantitative estimate of drug-likeness (QED) is 0.786. The molecule has 0 aliphatic heterocycles. The Balaban J connectivity index is 2.41. The molecule has 0 aliphatic rings. The van der Waals surface area contributed by atoms with E-state index < -0.39 is 6.08 Å². The van der Waals surface area contributed by atoms with Crippen LogP contribution in [0.4, 0.5) is 0 Å². The van der Waals surface area contributed by atoms with Gasteiger partial charge in [0, 0.05) is 5.56 Å². The van der Waals surface area contributed by atoms with Crippen molar-refractivity contribution < 1.29 is 9.52 Å². The van der Waals surface area contributed by atoms with E-state index in [-0.39, 0.29) is 0 Å². The van der Waals surface area contributed by atoms with Crippen molar-refractivity contribution in [3.05, 3.63) is 29.8 Å². The minimum atomic E-state index is -0.401. The SMILES string of the molecule is CCc1cccc(-c2nnc(O)o2)c1. The summed E-state index contributed by atoms with van der Waals surface area (Å²) in [4.78, 5) is 0. The molecule has 2 rings (SSSR count). The van der Waals surface area contributed by atoms with E-state index in [9.17, 15) is 0 Å². The number of nitrogens with zero attached hydrogens (tertiary/aromatic N) is 2. The van der Waals surface area contributed by atoms with Gasteiger partial charge in [0.25, 0.3) is 5.89 Å². The van der Waals surface area contributed by atoms with Crippen molar-refractivity contribution in [1.29, 1.82) is 0 Å². The van der Waals surface area contributed by atoms with E-state index in [0.29, 0.717) is 5.89 Å². The molecule has 4 nitrogen and oxygen atoms in total. The van der Waals surface area contributed by atoms with Crippen LogP contribution >= 0.6 is 0 Å². The van der Waals surface area contributed by atoms with Gasteiger partial charge in [-0.15, -0.1) is 5.10 Å². The highest BCUT2D eigenvalue weighted by atomic mass is 16.5. The number of rotatable bonds is 2. The Kier molecular flexibility index (Phi) is 2.18. The summed E-state index contributed by atoms with van der Waals surface area (Å²) >= 11 is 0. The highest BCUT2D eigenvalue weighted by Crippen LogP contribution is 2.21. The number of hydrogen-bond acceptors (Lipinski definition) is 4. The highest BCUT2D eigenvalue weighted by Gasteiger charge is 2.06. The van der Waals surface area contributed by atoms with Crippen LogP contribution in [0.5, 0.6) is 6.08 Å². The first-order valence-corrected chi connectivity index (χ1v) is 4.41. The van der Waals surface area contributed by atoms with Crippen LogP contribution in [0.3, 0.4) is 0 Å². The van der Waals surface area contributed by atoms with E-state index in [1.54, 1.807) is 0 Å². The van der Waals surface area contributed by atoms with E-state index in [1.807, 2.05) is 24.3 Å². The second-order valence-corrected chi connectivity index (χ2v) is 2.94. The molecule has 0 radical (unpaired) electrons. The molecule has 1 aromatic heterocycles. The Bertz CT molecular complexity index is 437. The van der Waals surface area contributed by atoms with Crippen molar-refractivity contribution in [2.75, 3.05) is 0 Å². The first-order valence-electron chi connectivity index (χ1n) is 4.41. The zero-order valence-corrected chi connectivity index (χ0v) is 7.77. The van der Waals surface area contributed by atoms with Gasteiger partial charge in [-0.05, 0) is 24.1 Å². The van der Waals surface area contributed by atoms with Crippen molar-refractivity contribution >= 4 is 0 Å². The van der Waals surface area contributed by atoms with Gasteiger partial charge >= 0.3 is 6.08 Å². The van der Waals surface area contributed by atoms with E-state index in [4.69, 9.17) is 9.52 Å². The van der Waals surface area contributed by atoms with E-state index in [2.05, 4.69) is 17.1 Å². The van der Waals surface area contributed by atoms with E-state index in [1.165, 1.54) is 5.56 Å². The molecule has 1 aromatic carbocycles. The molecule has 4 heteroatoms. The third kappa shape index (κ3) is 1.59. The summed E-state index contributed by atoms with van der Waals surface area (Å²) in [5, 5.41) is 16.0. The van der Waals surface area contributed by atoms with Crippen LogP contribution in [0.1, 0.15) is 12.5 Å². The topological polar surface area (TPSA) is 59.2 Å². The molecule has 1 heterocycles. The molecule has 72 valence electrons.